The molecule has 1 saturated carbocycles. The lowest BCUT2D eigenvalue weighted by Gasteiger charge is -2.17. The van der Waals surface area contributed by atoms with Gasteiger partial charge in [0.1, 0.15) is 5.41 Å². The standard InChI is InChI=1S/C25H21NO6/c1-31-23(27)18-10-8-17(9-11-18)22-21(16-6-4-3-5-7-16)25(22,24(28)32-2)19-12-14-20(15-13-19)26(29)30/h3-15,21-22H,1-2H3/t21?,22-,25-/m1/s1. The number of methoxy groups -OCH3 is 2. The maximum atomic E-state index is 13.3. The Kier molecular flexibility index (Phi) is 5.48. The quantitative estimate of drug-likeness (QED) is 0.327. The Morgan fingerprint density at radius 2 is 1.38 bits per heavy atom. The van der Waals surface area contributed by atoms with Gasteiger partial charge in [-0.2, -0.15) is 0 Å². The molecule has 0 bridgehead atoms. The second kappa shape index (κ2) is 8.26. The van der Waals surface area contributed by atoms with Crippen LogP contribution in [0, 0.1) is 10.1 Å². The fourth-order valence-corrected chi connectivity index (χ4v) is 4.66. The Bertz CT molecular complexity index is 1160. The third-order valence-corrected chi connectivity index (χ3v) is 6.13. The van der Waals surface area contributed by atoms with Gasteiger partial charge in [-0.1, -0.05) is 54.6 Å². The Balaban J connectivity index is 1.86. The van der Waals surface area contributed by atoms with Crippen molar-refractivity contribution in [3.63, 3.8) is 0 Å². The van der Waals surface area contributed by atoms with Crippen molar-refractivity contribution in [2.24, 2.45) is 0 Å². The number of carbonyl (C=O) groups is 2. The molecule has 3 aromatic carbocycles. The van der Waals surface area contributed by atoms with E-state index in [4.69, 9.17) is 9.47 Å². The van der Waals surface area contributed by atoms with E-state index in [9.17, 15) is 19.7 Å². The molecule has 1 aliphatic carbocycles. The zero-order valence-electron chi connectivity index (χ0n) is 17.6. The molecule has 32 heavy (non-hydrogen) atoms. The predicted octanol–water partition coefficient (Wildman–Crippen LogP) is 4.37. The smallest absolute Gasteiger partial charge is 0.337 e. The lowest BCUT2D eigenvalue weighted by Crippen LogP contribution is -2.25. The fraction of sp³-hybridized carbons (Fsp3) is 0.200. The summed E-state index contributed by atoms with van der Waals surface area (Å²) in [5, 5.41) is 11.1. The first-order chi connectivity index (χ1) is 15.4. The van der Waals surface area contributed by atoms with Crippen molar-refractivity contribution >= 4 is 17.6 Å². The topological polar surface area (TPSA) is 95.7 Å². The molecule has 1 aliphatic rings. The number of nitrogens with zero attached hydrogens (tertiary/aromatic N) is 1. The van der Waals surface area contributed by atoms with Crippen LogP contribution >= 0.6 is 0 Å². The maximum absolute atomic E-state index is 13.3. The van der Waals surface area contributed by atoms with Gasteiger partial charge >= 0.3 is 11.9 Å². The third kappa shape index (κ3) is 3.32. The highest BCUT2D eigenvalue weighted by Gasteiger charge is 2.72. The summed E-state index contributed by atoms with van der Waals surface area (Å²) in [6.45, 7) is 0. The number of benzene rings is 3. The van der Waals surface area contributed by atoms with Crippen LogP contribution in [-0.2, 0) is 19.7 Å². The molecule has 0 aliphatic heterocycles. The number of nitro groups is 1. The largest absolute Gasteiger partial charge is 0.468 e. The van der Waals surface area contributed by atoms with Crippen LogP contribution in [0.5, 0.6) is 0 Å². The molecular formula is C25H21NO6. The molecule has 0 saturated heterocycles. The molecular weight excluding hydrogens is 410 g/mol. The van der Waals surface area contributed by atoms with E-state index in [1.54, 1.807) is 24.3 Å². The number of hydrogen-bond donors (Lipinski definition) is 0. The van der Waals surface area contributed by atoms with Crippen molar-refractivity contribution in [3.05, 3.63) is 111 Å². The van der Waals surface area contributed by atoms with Crippen LogP contribution in [0.4, 0.5) is 5.69 Å². The molecule has 0 heterocycles. The van der Waals surface area contributed by atoms with Crippen LogP contribution in [0.3, 0.4) is 0 Å². The van der Waals surface area contributed by atoms with Crippen LogP contribution in [0.15, 0.2) is 78.9 Å². The van der Waals surface area contributed by atoms with E-state index in [1.165, 1.54) is 26.4 Å². The van der Waals surface area contributed by atoms with E-state index in [-0.39, 0.29) is 17.5 Å². The van der Waals surface area contributed by atoms with Gasteiger partial charge < -0.3 is 9.47 Å². The summed E-state index contributed by atoms with van der Waals surface area (Å²) in [6, 6.07) is 22.6. The third-order valence-electron chi connectivity index (χ3n) is 6.13. The number of hydrogen-bond acceptors (Lipinski definition) is 6. The summed E-state index contributed by atoms with van der Waals surface area (Å²) in [5.74, 6) is -1.36. The first-order valence-corrected chi connectivity index (χ1v) is 10.0. The second-order valence-corrected chi connectivity index (χ2v) is 7.64. The van der Waals surface area contributed by atoms with Gasteiger partial charge in [0.2, 0.25) is 0 Å². The van der Waals surface area contributed by atoms with Gasteiger partial charge in [0, 0.05) is 24.0 Å². The molecule has 0 spiro atoms. The monoisotopic (exact) mass is 431 g/mol. The molecule has 0 amide bonds. The molecule has 1 unspecified atom stereocenters. The average Bonchev–Trinajstić information content (AvgIpc) is 3.55. The highest BCUT2D eigenvalue weighted by atomic mass is 16.6. The molecule has 1 fully saturated rings. The zero-order chi connectivity index (χ0) is 22.9. The molecule has 3 atom stereocenters. The van der Waals surface area contributed by atoms with Crippen molar-refractivity contribution in [1.82, 2.24) is 0 Å². The van der Waals surface area contributed by atoms with Crippen LogP contribution in [-0.4, -0.2) is 31.1 Å². The minimum atomic E-state index is -1.04. The molecule has 0 N–H and O–H groups in total. The van der Waals surface area contributed by atoms with E-state index in [0.717, 1.165) is 11.1 Å². The second-order valence-electron chi connectivity index (χ2n) is 7.64. The molecule has 4 rings (SSSR count). The van der Waals surface area contributed by atoms with Crippen LogP contribution < -0.4 is 0 Å². The fourth-order valence-electron chi connectivity index (χ4n) is 4.66. The van der Waals surface area contributed by atoms with E-state index >= 15 is 0 Å². The van der Waals surface area contributed by atoms with Gasteiger partial charge in [-0.25, -0.2) is 4.79 Å². The van der Waals surface area contributed by atoms with E-state index in [0.29, 0.717) is 11.1 Å². The number of rotatable bonds is 6. The number of non-ortho nitro benzene ring substituents is 1. The molecule has 162 valence electrons. The van der Waals surface area contributed by atoms with Gasteiger partial charge in [0.15, 0.2) is 0 Å². The average molecular weight is 431 g/mol. The molecule has 0 aromatic heterocycles. The van der Waals surface area contributed by atoms with Crippen molar-refractivity contribution in [3.8, 4) is 0 Å². The molecule has 0 radical (unpaired) electrons. The van der Waals surface area contributed by atoms with Crippen LogP contribution in [0.1, 0.15) is 38.9 Å². The summed E-state index contributed by atoms with van der Waals surface area (Å²) in [7, 11) is 2.66. The number of esters is 2. The molecule has 7 nitrogen and oxygen atoms in total. The van der Waals surface area contributed by atoms with Crippen LogP contribution in [0.25, 0.3) is 0 Å². The Morgan fingerprint density at radius 3 is 1.88 bits per heavy atom. The minimum absolute atomic E-state index is 0.0512. The summed E-state index contributed by atoms with van der Waals surface area (Å²) < 4.78 is 10.0. The van der Waals surface area contributed by atoms with Gasteiger partial charge in [-0.05, 0) is 28.8 Å². The van der Waals surface area contributed by atoms with E-state index < -0.39 is 22.3 Å². The van der Waals surface area contributed by atoms with Crippen molar-refractivity contribution < 1.29 is 24.0 Å². The summed E-state index contributed by atoms with van der Waals surface area (Å²) in [5.41, 5.74) is 1.77. The first-order valence-electron chi connectivity index (χ1n) is 10.0. The Labute approximate surface area is 184 Å². The molecule has 7 heteroatoms. The predicted molar refractivity (Wildman–Crippen MR) is 116 cm³/mol. The van der Waals surface area contributed by atoms with Gasteiger partial charge in [-0.3, -0.25) is 14.9 Å². The van der Waals surface area contributed by atoms with Gasteiger partial charge in [0.05, 0.1) is 24.7 Å². The van der Waals surface area contributed by atoms with E-state index in [1.807, 2.05) is 42.5 Å². The van der Waals surface area contributed by atoms with Crippen molar-refractivity contribution in [1.29, 1.82) is 0 Å². The number of ether oxygens (including phenoxy) is 2. The van der Waals surface area contributed by atoms with Crippen LogP contribution in [0.2, 0.25) is 0 Å². The minimum Gasteiger partial charge on any atom is -0.468 e. The summed E-state index contributed by atoms with van der Waals surface area (Å²) >= 11 is 0. The van der Waals surface area contributed by atoms with Gasteiger partial charge in [0.25, 0.3) is 5.69 Å². The van der Waals surface area contributed by atoms with E-state index in [2.05, 4.69) is 0 Å². The summed E-state index contributed by atoms with van der Waals surface area (Å²) in [4.78, 5) is 35.8. The summed E-state index contributed by atoms with van der Waals surface area (Å²) in [6.07, 6.45) is 0. The highest BCUT2D eigenvalue weighted by molar-refractivity contribution is 5.93. The lowest BCUT2D eigenvalue weighted by molar-refractivity contribution is -0.384. The van der Waals surface area contributed by atoms with Gasteiger partial charge in [-0.15, -0.1) is 0 Å². The molecule has 3 aromatic rings. The zero-order valence-corrected chi connectivity index (χ0v) is 17.6. The van der Waals surface area contributed by atoms with Crippen molar-refractivity contribution in [2.75, 3.05) is 14.2 Å². The Hall–Kier alpha value is -4.00. The highest BCUT2D eigenvalue weighted by Crippen LogP contribution is 2.71. The van der Waals surface area contributed by atoms with Crippen molar-refractivity contribution in [2.45, 2.75) is 17.3 Å². The SMILES string of the molecule is COC(=O)c1ccc([C@@H]2C(c3ccccc3)[C@]2(C(=O)OC)c2ccc([N+](=O)[O-])cc2)cc1. The number of carbonyl (C=O) groups excluding carboxylic acids is 2. The normalized spacial score (nSPS) is 21.4. The Morgan fingerprint density at radius 1 is 0.812 bits per heavy atom. The number of nitro benzene ring substituents is 1. The maximum Gasteiger partial charge on any atom is 0.337 e. The lowest BCUT2D eigenvalue weighted by atomic mass is 9.88. The first kappa shape index (κ1) is 21.2.